The van der Waals surface area contributed by atoms with Crippen LogP contribution in [0.25, 0.3) is 10.2 Å². The summed E-state index contributed by atoms with van der Waals surface area (Å²) < 4.78 is 1.73. The van der Waals surface area contributed by atoms with Gasteiger partial charge in [0, 0.05) is 21.1 Å². The molecular weight excluding hydrogens is 330 g/mol. The Labute approximate surface area is 142 Å². The molecule has 4 nitrogen and oxygen atoms in total. The van der Waals surface area contributed by atoms with Gasteiger partial charge in [-0.2, -0.15) is 0 Å². The standard InChI is InChI=1S/C17H18ClN3OS/c1-8-6-11-17(15(22)13(8)19-3)23-16-9(2)14(21(4)5)10(18)7-12(16)20-11/h6-7,20H,1-5H3. The molecule has 0 aromatic heterocycles. The predicted molar refractivity (Wildman–Crippen MR) is 98.0 cm³/mol. The Morgan fingerprint density at radius 1 is 1.26 bits per heavy atom. The molecule has 1 N–H and O–H groups in total. The summed E-state index contributed by atoms with van der Waals surface area (Å²) in [6.45, 7) is 3.93. The first kappa shape index (κ1) is 16.0. The summed E-state index contributed by atoms with van der Waals surface area (Å²) in [4.78, 5) is 22.2. The quantitative estimate of drug-likeness (QED) is 0.735. The van der Waals surface area contributed by atoms with E-state index in [1.54, 1.807) is 7.05 Å². The Bertz CT molecular complexity index is 1110. The van der Waals surface area contributed by atoms with E-state index in [1.807, 2.05) is 45.0 Å². The number of benzene rings is 1. The number of H-pyrrole nitrogens is 1. The number of hydrogen-bond acceptors (Lipinski definition) is 4. The van der Waals surface area contributed by atoms with Crippen LogP contribution < -0.4 is 15.7 Å². The van der Waals surface area contributed by atoms with Gasteiger partial charge in [0.25, 0.3) is 0 Å². The molecular formula is C17H18ClN3OS. The van der Waals surface area contributed by atoms with Crippen molar-refractivity contribution in [1.29, 1.82) is 0 Å². The fourth-order valence-corrected chi connectivity index (χ4v) is 4.50. The van der Waals surface area contributed by atoms with Crippen molar-refractivity contribution in [3.63, 3.8) is 0 Å². The summed E-state index contributed by atoms with van der Waals surface area (Å²) in [6.07, 6.45) is 0. The van der Waals surface area contributed by atoms with Gasteiger partial charge in [-0.1, -0.05) is 11.6 Å². The van der Waals surface area contributed by atoms with Crippen LogP contribution in [0, 0.1) is 23.7 Å². The first-order valence-corrected chi connectivity index (χ1v) is 8.44. The van der Waals surface area contributed by atoms with Gasteiger partial charge in [-0.25, -0.2) is 0 Å². The van der Waals surface area contributed by atoms with Gasteiger partial charge >= 0.3 is 0 Å². The van der Waals surface area contributed by atoms with Crippen molar-refractivity contribution in [3.05, 3.63) is 53.7 Å². The van der Waals surface area contributed by atoms with Gasteiger partial charge in [0.1, 0.15) is 9.89 Å². The van der Waals surface area contributed by atoms with Gasteiger partial charge in [0.05, 0.1) is 26.3 Å². The number of aromatic amines is 1. The third-order valence-electron chi connectivity index (χ3n) is 3.98. The van der Waals surface area contributed by atoms with Crippen molar-refractivity contribution >= 4 is 38.8 Å². The van der Waals surface area contributed by atoms with Gasteiger partial charge in [0.2, 0.25) is 5.43 Å². The van der Waals surface area contributed by atoms with E-state index in [4.69, 9.17) is 11.6 Å². The highest BCUT2D eigenvalue weighted by Gasteiger charge is 2.13. The number of aromatic nitrogens is 1. The number of aryl methyl sites for hydroxylation is 2. The van der Waals surface area contributed by atoms with Gasteiger partial charge in [0.15, 0.2) is 0 Å². The van der Waals surface area contributed by atoms with Crippen LogP contribution in [0.5, 0.6) is 0 Å². The van der Waals surface area contributed by atoms with Crippen molar-refractivity contribution < 1.29 is 0 Å². The molecule has 0 bridgehead atoms. The van der Waals surface area contributed by atoms with Crippen molar-refractivity contribution in [2.45, 2.75) is 13.8 Å². The first-order valence-electron chi connectivity index (χ1n) is 7.24. The van der Waals surface area contributed by atoms with E-state index in [0.29, 0.717) is 14.9 Å². The van der Waals surface area contributed by atoms with Crippen molar-refractivity contribution in [3.8, 4) is 0 Å². The highest BCUT2D eigenvalue weighted by Crippen LogP contribution is 2.35. The Balaban J connectivity index is 2.59. The average Bonchev–Trinajstić information content (AvgIpc) is 2.46. The summed E-state index contributed by atoms with van der Waals surface area (Å²) in [6, 6.07) is 3.89. The molecule has 1 aliphatic heterocycles. The Kier molecular flexibility index (Phi) is 3.94. The van der Waals surface area contributed by atoms with Crippen LogP contribution in [0.15, 0.2) is 21.9 Å². The maximum absolute atomic E-state index is 12.7. The Morgan fingerprint density at radius 2 is 1.96 bits per heavy atom. The molecule has 1 aromatic rings. The fraction of sp³-hybridized carbons (Fsp3) is 0.294. The maximum Gasteiger partial charge on any atom is 0.223 e. The smallest absolute Gasteiger partial charge is 0.223 e. The van der Waals surface area contributed by atoms with Crippen molar-refractivity contribution in [1.82, 2.24) is 4.98 Å². The monoisotopic (exact) mass is 347 g/mol. The van der Waals surface area contributed by atoms with Crippen LogP contribution in [-0.4, -0.2) is 26.1 Å². The molecule has 6 heteroatoms. The first-order chi connectivity index (χ1) is 10.8. The Hall–Kier alpha value is -1.85. The number of fused-ring (bicyclic) bond motifs is 1. The van der Waals surface area contributed by atoms with Gasteiger partial charge < -0.3 is 9.88 Å². The average molecular weight is 348 g/mol. The fourth-order valence-electron chi connectivity index (χ4n) is 3.00. The highest BCUT2D eigenvalue weighted by atomic mass is 35.5. The number of hydrogen-bond donors (Lipinski definition) is 1. The number of halogens is 1. The SMILES string of the molecule is CN=c1c(C)cc2[nH]c3cc(Cl)c(N(C)C)c(C)c3sc=2c1=O. The molecule has 0 atom stereocenters. The topological polar surface area (TPSA) is 48.5 Å². The van der Waals surface area contributed by atoms with Crippen LogP contribution >= 0.6 is 22.9 Å². The number of nitrogens with zero attached hydrogens (tertiary/aromatic N) is 2. The molecule has 0 amide bonds. The van der Waals surface area contributed by atoms with Crippen LogP contribution in [0.3, 0.4) is 0 Å². The zero-order chi connectivity index (χ0) is 16.9. The molecule has 2 aliphatic rings. The predicted octanol–water partition coefficient (Wildman–Crippen LogP) is 3.18. The molecule has 1 heterocycles. The van der Waals surface area contributed by atoms with Crippen molar-refractivity contribution in [2.75, 3.05) is 26.0 Å². The van der Waals surface area contributed by atoms with Crippen LogP contribution in [0.4, 0.5) is 5.69 Å². The number of nitrogens with one attached hydrogen (secondary N) is 1. The lowest BCUT2D eigenvalue weighted by Gasteiger charge is -2.19. The summed E-state index contributed by atoms with van der Waals surface area (Å²) in [7, 11) is 5.58. The third kappa shape index (κ3) is 2.44. The van der Waals surface area contributed by atoms with E-state index in [0.717, 1.165) is 32.4 Å². The molecule has 23 heavy (non-hydrogen) atoms. The normalized spacial score (nSPS) is 12.3. The van der Waals surface area contributed by atoms with E-state index < -0.39 is 0 Å². The van der Waals surface area contributed by atoms with Crippen molar-refractivity contribution in [2.24, 2.45) is 4.99 Å². The van der Waals surface area contributed by atoms with E-state index in [9.17, 15) is 4.79 Å². The van der Waals surface area contributed by atoms with E-state index in [-0.39, 0.29) is 5.43 Å². The molecule has 0 radical (unpaired) electrons. The zero-order valence-electron chi connectivity index (χ0n) is 13.7. The minimum atomic E-state index is -0.0218. The largest absolute Gasteiger partial charge is 0.376 e. The lowest BCUT2D eigenvalue weighted by Crippen LogP contribution is -2.28. The molecule has 1 aromatic carbocycles. The van der Waals surface area contributed by atoms with Crippen LogP contribution in [-0.2, 0) is 0 Å². The second kappa shape index (κ2) is 5.65. The molecule has 120 valence electrons. The highest BCUT2D eigenvalue weighted by molar-refractivity contribution is 7.16. The Morgan fingerprint density at radius 3 is 2.57 bits per heavy atom. The van der Waals surface area contributed by atoms with E-state index in [1.165, 1.54) is 11.3 Å². The summed E-state index contributed by atoms with van der Waals surface area (Å²) in [5.41, 5.74) is 3.83. The summed E-state index contributed by atoms with van der Waals surface area (Å²) >= 11 is 7.93. The minimum absolute atomic E-state index is 0.0218. The third-order valence-corrected chi connectivity index (χ3v) is 5.61. The molecule has 0 unspecified atom stereocenters. The van der Waals surface area contributed by atoms with Gasteiger partial charge in [-0.15, -0.1) is 11.3 Å². The van der Waals surface area contributed by atoms with Crippen LogP contribution in [0.2, 0.25) is 5.02 Å². The number of anilines is 1. The lowest BCUT2D eigenvalue weighted by atomic mass is 10.1. The minimum Gasteiger partial charge on any atom is -0.376 e. The number of rotatable bonds is 1. The molecule has 0 saturated carbocycles. The van der Waals surface area contributed by atoms with Crippen LogP contribution in [0.1, 0.15) is 11.1 Å². The van der Waals surface area contributed by atoms with Gasteiger partial charge in [-0.3, -0.25) is 9.79 Å². The molecule has 0 saturated heterocycles. The summed E-state index contributed by atoms with van der Waals surface area (Å²) in [5, 5.41) is 2.05. The molecule has 0 fully saturated rings. The lowest BCUT2D eigenvalue weighted by molar-refractivity contribution is 1.12. The zero-order valence-corrected chi connectivity index (χ0v) is 15.3. The second-order valence-corrected chi connectivity index (χ2v) is 7.23. The molecule has 3 rings (SSSR count). The molecule has 0 spiro atoms. The molecule has 1 aliphatic carbocycles. The second-order valence-electron chi connectivity index (χ2n) is 5.80. The maximum atomic E-state index is 12.7. The van der Waals surface area contributed by atoms with E-state index >= 15 is 0 Å². The van der Waals surface area contributed by atoms with Gasteiger partial charge in [-0.05, 0) is 37.1 Å². The summed E-state index contributed by atoms with van der Waals surface area (Å²) in [5.74, 6) is 0. The van der Waals surface area contributed by atoms with E-state index in [2.05, 4.69) is 9.98 Å².